The van der Waals surface area contributed by atoms with Crippen molar-refractivity contribution in [2.24, 2.45) is 18.9 Å². The Morgan fingerprint density at radius 3 is 2.56 bits per heavy atom. The molecule has 0 radical (unpaired) electrons. The van der Waals surface area contributed by atoms with Gasteiger partial charge in [0.2, 0.25) is 0 Å². The maximum atomic E-state index is 14.3. The zero-order valence-corrected chi connectivity index (χ0v) is 27.3. The molecule has 1 saturated heterocycles. The number of likely N-dealkylation sites (tertiary alicyclic amines) is 1. The molecule has 2 aromatic heterocycles. The first-order valence-corrected chi connectivity index (χ1v) is 16.0. The van der Waals surface area contributed by atoms with E-state index in [0.717, 1.165) is 35.5 Å². The number of rotatable bonds is 7. The van der Waals surface area contributed by atoms with Gasteiger partial charge in [0.1, 0.15) is 16.9 Å². The Morgan fingerprint density at radius 2 is 1.87 bits per heavy atom. The third-order valence-corrected chi connectivity index (χ3v) is 9.79. The smallest absolute Gasteiger partial charge is 0.407 e. The lowest BCUT2D eigenvalue weighted by atomic mass is 10.0. The summed E-state index contributed by atoms with van der Waals surface area (Å²) in [7, 11) is 7.72. The van der Waals surface area contributed by atoms with Gasteiger partial charge in [0.05, 0.1) is 30.4 Å². The highest BCUT2D eigenvalue weighted by molar-refractivity contribution is 6.00. The number of imidazole rings is 1. The van der Waals surface area contributed by atoms with Crippen molar-refractivity contribution in [3.05, 3.63) is 48.0 Å². The minimum absolute atomic E-state index is 0.0831. The van der Waals surface area contributed by atoms with Crippen molar-refractivity contribution in [2.75, 3.05) is 27.7 Å². The molecule has 45 heavy (non-hydrogen) atoms. The van der Waals surface area contributed by atoms with Gasteiger partial charge < -0.3 is 33.7 Å². The zero-order valence-electron chi connectivity index (χ0n) is 27.3. The fraction of sp³-hybridized carbons (Fsp3) is 0.514. The van der Waals surface area contributed by atoms with E-state index < -0.39 is 11.7 Å². The van der Waals surface area contributed by atoms with Gasteiger partial charge in [0.15, 0.2) is 5.82 Å². The molecule has 0 unspecified atom stereocenters. The highest BCUT2D eigenvalue weighted by atomic mass is 16.6. The number of piperidine rings is 1. The Kier molecular flexibility index (Phi) is 7.11. The lowest BCUT2D eigenvalue weighted by Gasteiger charge is -2.37. The molecule has 2 aromatic carbocycles. The number of amides is 2. The lowest BCUT2D eigenvalue weighted by molar-refractivity contribution is 0.0462. The number of ether oxygens (including phenoxy) is 2. The molecule has 238 valence electrons. The molecule has 3 fully saturated rings. The normalized spacial score (nSPS) is 23.0. The molecule has 10 heteroatoms. The van der Waals surface area contributed by atoms with Crippen LogP contribution in [0.2, 0.25) is 0 Å². The number of benzene rings is 2. The average Bonchev–Trinajstić information content (AvgIpc) is 3.36. The van der Waals surface area contributed by atoms with Crippen molar-refractivity contribution in [1.29, 1.82) is 0 Å². The minimum atomic E-state index is -0.599. The second kappa shape index (κ2) is 10.8. The van der Waals surface area contributed by atoms with E-state index in [0.29, 0.717) is 23.8 Å². The molecule has 4 aromatic rings. The van der Waals surface area contributed by atoms with Gasteiger partial charge in [0, 0.05) is 48.6 Å². The molecule has 0 spiro atoms. The summed E-state index contributed by atoms with van der Waals surface area (Å²) >= 11 is 0. The van der Waals surface area contributed by atoms with Gasteiger partial charge >= 0.3 is 6.09 Å². The number of carbonyl (C=O) groups excluding carboxylic acids is 2. The van der Waals surface area contributed by atoms with E-state index in [-0.39, 0.29) is 30.0 Å². The molecule has 3 aliphatic rings. The van der Waals surface area contributed by atoms with Gasteiger partial charge in [-0.05, 0) is 84.3 Å². The number of aromatic nitrogens is 3. The predicted molar refractivity (Wildman–Crippen MR) is 174 cm³/mol. The molecule has 1 N–H and O–H groups in total. The Bertz CT molecular complexity index is 1790. The van der Waals surface area contributed by atoms with Crippen molar-refractivity contribution < 1.29 is 19.1 Å². The lowest BCUT2D eigenvalue weighted by Crippen LogP contribution is -2.54. The van der Waals surface area contributed by atoms with Crippen LogP contribution in [0, 0.1) is 11.8 Å². The van der Waals surface area contributed by atoms with Crippen molar-refractivity contribution in [1.82, 2.24) is 29.2 Å². The zero-order chi connectivity index (χ0) is 31.8. The van der Waals surface area contributed by atoms with Crippen LogP contribution >= 0.6 is 0 Å². The standard InChI is InChI=1S/C35H44N6O4/c1-35(2,3)45-34(43)37-29-23-16-26(38(4)5)31(29)41(19-23)33(42)22-14-24-30(28(17-22)44-7)39(6)32(36-24)27-15-21-10-8-9-11-25(21)40(27)18-20-12-13-20/h8-11,14-15,17,20,23,26,29,31H,12-13,16,18-19H2,1-7H3,(H,37,43)/t23-,26+,29-,31-/m1/s1. The number of nitrogens with one attached hydrogen (secondary N) is 1. The first-order chi connectivity index (χ1) is 21.4. The number of fused-ring (bicyclic) bond motifs is 4. The number of hydrogen-bond donors (Lipinski definition) is 1. The molecule has 3 heterocycles. The topological polar surface area (TPSA) is 93.9 Å². The van der Waals surface area contributed by atoms with E-state index in [2.05, 4.69) is 49.7 Å². The van der Waals surface area contributed by atoms with Gasteiger partial charge in [-0.25, -0.2) is 9.78 Å². The molecule has 2 aliphatic carbocycles. The second-order valence-corrected chi connectivity index (χ2v) is 14.3. The first-order valence-electron chi connectivity index (χ1n) is 16.0. The fourth-order valence-corrected chi connectivity index (χ4v) is 7.60. The molecule has 10 nitrogen and oxygen atoms in total. The summed E-state index contributed by atoms with van der Waals surface area (Å²) in [5.74, 6) is 2.21. The van der Waals surface area contributed by atoms with Gasteiger partial charge in [-0.1, -0.05) is 18.2 Å². The largest absolute Gasteiger partial charge is 0.494 e. The Morgan fingerprint density at radius 1 is 1.11 bits per heavy atom. The number of alkyl carbamates (subject to hydrolysis) is 1. The van der Waals surface area contributed by atoms with E-state index in [1.54, 1.807) is 7.11 Å². The molecule has 1 aliphatic heterocycles. The molecular weight excluding hydrogens is 568 g/mol. The quantitative estimate of drug-likeness (QED) is 0.305. The minimum Gasteiger partial charge on any atom is -0.494 e. The van der Waals surface area contributed by atoms with Crippen LogP contribution in [0.25, 0.3) is 33.5 Å². The summed E-state index contributed by atoms with van der Waals surface area (Å²) in [6.45, 7) is 7.11. The molecule has 7 rings (SSSR count). The van der Waals surface area contributed by atoms with Crippen molar-refractivity contribution in [2.45, 2.75) is 70.3 Å². The summed E-state index contributed by atoms with van der Waals surface area (Å²) < 4.78 is 16.0. The number of carbonyl (C=O) groups is 2. The van der Waals surface area contributed by atoms with Crippen LogP contribution in [0.4, 0.5) is 4.79 Å². The molecule has 2 bridgehead atoms. The summed E-state index contributed by atoms with van der Waals surface area (Å²) in [6.07, 6.45) is 2.98. The number of methoxy groups -OCH3 is 1. The summed E-state index contributed by atoms with van der Waals surface area (Å²) in [4.78, 5) is 36.3. The highest BCUT2D eigenvalue weighted by Crippen LogP contribution is 2.42. The van der Waals surface area contributed by atoms with E-state index in [9.17, 15) is 9.59 Å². The number of hydrogen-bond acceptors (Lipinski definition) is 6. The van der Waals surface area contributed by atoms with Crippen LogP contribution < -0.4 is 10.1 Å². The third-order valence-electron chi connectivity index (χ3n) is 9.79. The van der Waals surface area contributed by atoms with Crippen molar-refractivity contribution in [3.63, 3.8) is 0 Å². The molecule has 4 atom stereocenters. The number of para-hydroxylation sites is 1. The Balaban J connectivity index is 1.24. The fourth-order valence-electron chi connectivity index (χ4n) is 7.60. The van der Waals surface area contributed by atoms with E-state index in [4.69, 9.17) is 14.5 Å². The van der Waals surface area contributed by atoms with Crippen LogP contribution in [0.1, 0.15) is 50.4 Å². The van der Waals surface area contributed by atoms with E-state index in [1.165, 1.54) is 23.7 Å². The number of nitrogens with zero attached hydrogens (tertiary/aromatic N) is 5. The van der Waals surface area contributed by atoms with E-state index >= 15 is 0 Å². The maximum Gasteiger partial charge on any atom is 0.407 e. The third kappa shape index (κ3) is 5.22. The van der Waals surface area contributed by atoms with Crippen molar-refractivity contribution in [3.8, 4) is 17.3 Å². The maximum absolute atomic E-state index is 14.3. The predicted octanol–water partition coefficient (Wildman–Crippen LogP) is 5.28. The Labute approximate surface area is 264 Å². The van der Waals surface area contributed by atoms with Gasteiger partial charge in [-0.3, -0.25) is 4.79 Å². The van der Waals surface area contributed by atoms with E-state index in [1.807, 2.05) is 58.9 Å². The first kappa shape index (κ1) is 29.6. The second-order valence-electron chi connectivity index (χ2n) is 14.3. The van der Waals surface area contributed by atoms with Crippen molar-refractivity contribution >= 4 is 33.9 Å². The monoisotopic (exact) mass is 612 g/mol. The van der Waals surface area contributed by atoms with Gasteiger partial charge in [-0.2, -0.15) is 0 Å². The van der Waals surface area contributed by atoms with Gasteiger partial charge in [-0.15, -0.1) is 0 Å². The number of likely N-dealkylation sites (N-methyl/N-ethyl adjacent to an activating group) is 1. The molecular formula is C35H44N6O4. The van der Waals surface area contributed by atoms with Gasteiger partial charge in [0.25, 0.3) is 5.91 Å². The summed E-state index contributed by atoms with van der Waals surface area (Å²) in [6, 6.07) is 14.2. The van der Waals surface area contributed by atoms with Crippen LogP contribution in [-0.4, -0.2) is 87.4 Å². The summed E-state index contributed by atoms with van der Waals surface area (Å²) in [5, 5.41) is 4.30. The molecule has 2 saturated carbocycles. The summed E-state index contributed by atoms with van der Waals surface area (Å²) in [5.41, 5.74) is 3.78. The SMILES string of the molecule is COc1cc(C(=O)N2C[C@H]3C[C@H](N(C)C)[C@@H]2[C@@H]3NC(=O)OC(C)(C)C)cc2nc(-c3cc4ccccc4n3CC3CC3)n(C)c12. The van der Waals surface area contributed by atoms with Crippen LogP contribution in [0.15, 0.2) is 42.5 Å². The highest BCUT2D eigenvalue weighted by Gasteiger charge is 2.55. The Hall–Kier alpha value is -4.05. The van der Waals surface area contributed by atoms with Crippen LogP contribution in [-0.2, 0) is 18.3 Å². The number of aryl methyl sites for hydroxylation is 1. The van der Waals surface area contributed by atoms with Crippen LogP contribution in [0.3, 0.4) is 0 Å². The molecule has 2 amide bonds. The average molecular weight is 613 g/mol. The van der Waals surface area contributed by atoms with Crippen LogP contribution in [0.5, 0.6) is 5.75 Å².